The molecule has 152 valence electrons. The summed E-state index contributed by atoms with van der Waals surface area (Å²) >= 11 is 1.33. The molecule has 0 atom stereocenters. The quantitative estimate of drug-likeness (QED) is 0.578. The summed E-state index contributed by atoms with van der Waals surface area (Å²) in [7, 11) is -3.85. The minimum atomic E-state index is -3.85. The van der Waals surface area contributed by atoms with Crippen molar-refractivity contribution in [2.24, 2.45) is 0 Å². The first-order valence-corrected chi connectivity index (χ1v) is 11.4. The molecule has 2 aromatic rings. The molecule has 1 saturated heterocycles. The molecular weight excluding hydrogens is 414 g/mol. The van der Waals surface area contributed by atoms with Gasteiger partial charge in [-0.1, -0.05) is 0 Å². The highest BCUT2D eigenvalue weighted by molar-refractivity contribution is 7.89. The zero-order valence-corrected chi connectivity index (χ0v) is 17.1. The highest BCUT2D eigenvalue weighted by Gasteiger charge is 2.33. The molecule has 9 nitrogen and oxygen atoms in total. The summed E-state index contributed by atoms with van der Waals surface area (Å²) in [5, 5.41) is 21.0. The summed E-state index contributed by atoms with van der Waals surface area (Å²) in [6.07, 6.45) is 2.12. The largest absolute Gasteiger partial charge is 0.389 e. The van der Waals surface area contributed by atoms with Crippen molar-refractivity contribution in [3.05, 3.63) is 44.3 Å². The number of fused-ring (bicyclic) bond motifs is 1. The van der Waals surface area contributed by atoms with Crippen molar-refractivity contribution in [1.29, 1.82) is 5.26 Å². The van der Waals surface area contributed by atoms with Crippen LogP contribution in [0.3, 0.4) is 0 Å². The van der Waals surface area contributed by atoms with Crippen molar-refractivity contribution in [3.8, 4) is 6.07 Å². The molecule has 0 saturated carbocycles. The fourth-order valence-corrected chi connectivity index (χ4v) is 6.74. The SMILES string of the molecule is N#Cc1c(N)sc2c1CCN(c1ccc([N+](=O)[O-])cc1S(=O)(=O)N1CCCC1)C2. The number of non-ortho nitro benzene ring substituents is 1. The summed E-state index contributed by atoms with van der Waals surface area (Å²) < 4.78 is 27.9. The molecule has 29 heavy (non-hydrogen) atoms. The van der Waals surface area contributed by atoms with Crippen LogP contribution in [0.15, 0.2) is 23.1 Å². The summed E-state index contributed by atoms with van der Waals surface area (Å²) in [4.78, 5) is 13.5. The van der Waals surface area contributed by atoms with Gasteiger partial charge in [0.2, 0.25) is 10.0 Å². The Hall–Kier alpha value is -2.68. The summed E-state index contributed by atoms with van der Waals surface area (Å²) in [5.41, 5.74) is 7.55. The molecule has 0 radical (unpaired) electrons. The number of nitro groups is 1. The molecule has 2 N–H and O–H groups in total. The van der Waals surface area contributed by atoms with Crippen LogP contribution in [-0.4, -0.2) is 37.3 Å². The maximum atomic E-state index is 13.2. The standard InChI is InChI=1S/C18H19N5O4S2/c19-10-14-13-5-8-21(11-16(13)28-18(14)20)15-4-3-12(23(24)25)9-17(15)29(26,27)22-6-1-2-7-22/h3-4,9H,1-2,5-8,11,20H2. The molecule has 1 aromatic carbocycles. The third-order valence-corrected chi connectivity index (χ3v) is 8.35. The van der Waals surface area contributed by atoms with Crippen molar-refractivity contribution in [3.63, 3.8) is 0 Å². The number of nitriles is 1. The van der Waals surface area contributed by atoms with Crippen LogP contribution in [0, 0.1) is 21.4 Å². The van der Waals surface area contributed by atoms with Gasteiger partial charge in [-0.3, -0.25) is 10.1 Å². The Kier molecular flexibility index (Phi) is 4.94. The lowest BCUT2D eigenvalue weighted by Crippen LogP contribution is -2.33. The maximum Gasteiger partial charge on any atom is 0.270 e. The fourth-order valence-electron chi connectivity index (χ4n) is 3.90. The highest BCUT2D eigenvalue weighted by atomic mass is 32.2. The predicted molar refractivity (Wildman–Crippen MR) is 109 cm³/mol. The number of nitrogen functional groups attached to an aromatic ring is 1. The Morgan fingerprint density at radius 2 is 1.97 bits per heavy atom. The average molecular weight is 434 g/mol. The van der Waals surface area contributed by atoms with Gasteiger partial charge in [0.15, 0.2) is 0 Å². The van der Waals surface area contributed by atoms with Gasteiger partial charge in [0, 0.05) is 36.6 Å². The van der Waals surface area contributed by atoms with Gasteiger partial charge in [-0.05, 0) is 30.9 Å². The molecule has 11 heteroatoms. The maximum absolute atomic E-state index is 13.2. The molecule has 3 heterocycles. The number of nitrogens with two attached hydrogens (primary N) is 1. The van der Waals surface area contributed by atoms with Crippen LogP contribution < -0.4 is 10.6 Å². The van der Waals surface area contributed by atoms with Gasteiger partial charge in [-0.2, -0.15) is 9.57 Å². The number of hydrogen-bond donors (Lipinski definition) is 1. The van der Waals surface area contributed by atoms with Gasteiger partial charge < -0.3 is 10.6 Å². The second-order valence-electron chi connectivity index (χ2n) is 7.05. The number of nitrogens with zero attached hydrogens (tertiary/aromatic N) is 4. The monoisotopic (exact) mass is 433 g/mol. The number of rotatable bonds is 4. The zero-order valence-electron chi connectivity index (χ0n) is 15.5. The Labute approximate surface area is 172 Å². The van der Waals surface area contributed by atoms with E-state index >= 15 is 0 Å². The van der Waals surface area contributed by atoms with E-state index in [0.717, 1.165) is 29.3 Å². The van der Waals surface area contributed by atoms with E-state index in [4.69, 9.17) is 5.73 Å². The molecule has 2 aliphatic rings. The number of thiophene rings is 1. The van der Waals surface area contributed by atoms with Crippen molar-refractivity contribution in [2.75, 3.05) is 30.3 Å². The van der Waals surface area contributed by atoms with Crippen LogP contribution in [0.5, 0.6) is 0 Å². The minimum absolute atomic E-state index is 0.0397. The van der Waals surface area contributed by atoms with Crippen LogP contribution in [0.4, 0.5) is 16.4 Å². The number of benzene rings is 1. The smallest absolute Gasteiger partial charge is 0.270 e. The van der Waals surface area contributed by atoms with Gasteiger partial charge in [-0.15, -0.1) is 11.3 Å². The fraction of sp³-hybridized carbons (Fsp3) is 0.389. The Balaban J connectivity index is 1.78. The molecular formula is C18H19N5O4S2. The number of anilines is 2. The van der Waals surface area contributed by atoms with E-state index in [-0.39, 0.29) is 10.6 Å². The van der Waals surface area contributed by atoms with E-state index < -0.39 is 14.9 Å². The third kappa shape index (κ3) is 3.33. The summed E-state index contributed by atoms with van der Waals surface area (Å²) in [5.74, 6) is 0. The normalized spacial score (nSPS) is 17.1. The van der Waals surface area contributed by atoms with E-state index in [1.807, 2.05) is 4.90 Å². The van der Waals surface area contributed by atoms with Crippen LogP contribution in [0.25, 0.3) is 0 Å². The predicted octanol–water partition coefficient (Wildman–Crippen LogP) is 2.46. The second-order valence-corrected chi connectivity index (χ2v) is 10.1. The Morgan fingerprint density at radius 1 is 1.24 bits per heavy atom. The molecule has 0 bridgehead atoms. The van der Waals surface area contributed by atoms with Crippen LogP contribution >= 0.6 is 11.3 Å². The van der Waals surface area contributed by atoms with Crippen molar-refractivity contribution >= 4 is 37.7 Å². The lowest BCUT2D eigenvalue weighted by molar-refractivity contribution is -0.385. The first kappa shape index (κ1) is 19.6. The van der Waals surface area contributed by atoms with Crippen LogP contribution in [0.2, 0.25) is 0 Å². The first-order chi connectivity index (χ1) is 13.8. The first-order valence-electron chi connectivity index (χ1n) is 9.16. The number of nitro benzene ring substituents is 1. The van der Waals surface area contributed by atoms with Gasteiger partial charge in [-0.25, -0.2) is 8.42 Å². The third-order valence-electron chi connectivity index (χ3n) is 5.37. The molecule has 0 spiro atoms. The zero-order chi connectivity index (χ0) is 20.8. The molecule has 1 aromatic heterocycles. The Bertz CT molecular complexity index is 1130. The second kappa shape index (κ2) is 7.29. The van der Waals surface area contributed by atoms with Crippen molar-refractivity contribution < 1.29 is 13.3 Å². The van der Waals surface area contributed by atoms with E-state index in [1.165, 1.54) is 27.8 Å². The lowest BCUT2D eigenvalue weighted by atomic mass is 10.0. The van der Waals surface area contributed by atoms with E-state index in [9.17, 15) is 23.8 Å². The topological polar surface area (TPSA) is 134 Å². The van der Waals surface area contributed by atoms with E-state index in [2.05, 4.69) is 6.07 Å². The van der Waals surface area contributed by atoms with E-state index in [1.54, 1.807) is 0 Å². The molecule has 4 rings (SSSR count). The highest BCUT2D eigenvalue weighted by Crippen LogP contribution is 2.39. The van der Waals surface area contributed by atoms with Gasteiger partial charge in [0.25, 0.3) is 5.69 Å². The van der Waals surface area contributed by atoms with Crippen LogP contribution in [0.1, 0.15) is 28.8 Å². The van der Waals surface area contributed by atoms with Gasteiger partial charge in [0.1, 0.15) is 16.0 Å². The number of hydrogen-bond acceptors (Lipinski definition) is 8. The lowest BCUT2D eigenvalue weighted by Gasteiger charge is -2.31. The van der Waals surface area contributed by atoms with Crippen LogP contribution in [-0.2, 0) is 23.0 Å². The summed E-state index contributed by atoms with van der Waals surface area (Å²) in [6, 6.07) is 6.13. The van der Waals surface area contributed by atoms with E-state index in [0.29, 0.717) is 48.9 Å². The molecule has 0 amide bonds. The van der Waals surface area contributed by atoms with Gasteiger partial charge >= 0.3 is 0 Å². The minimum Gasteiger partial charge on any atom is -0.389 e. The average Bonchev–Trinajstić information content (AvgIpc) is 3.34. The molecule has 0 unspecified atom stereocenters. The summed E-state index contributed by atoms with van der Waals surface area (Å²) in [6.45, 7) is 1.74. The molecule has 2 aliphatic heterocycles. The van der Waals surface area contributed by atoms with Gasteiger partial charge in [0.05, 0.1) is 22.7 Å². The van der Waals surface area contributed by atoms with Crippen molar-refractivity contribution in [1.82, 2.24) is 4.31 Å². The van der Waals surface area contributed by atoms with Crippen molar-refractivity contribution in [2.45, 2.75) is 30.7 Å². The number of sulfonamides is 1. The molecule has 1 fully saturated rings. The Morgan fingerprint density at radius 3 is 2.62 bits per heavy atom. The molecule has 0 aliphatic carbocycles.